The van der Waals surface area contributed by atoms with Gasteiger partial charge in [0.15, 0.2) is 5.16 Å². The zero-order chi connectivity index (χ0) is 20.1. The second-order valence-electron chi connectivity index (χ2n) is 6.60. The van der Waals surface area contributed by atoms with E-state index in [0.717, 1.165) is 27.5 Å². The Morgan fingerprint density at radius 2 is 1.89 bits per heavy atom. The molecule has 0 bridgehead atoms. The molecule has 1 amide bonds. The van der Waals surface area contributed by atoms with E-state index in [9.17, 15) is 9.18 Å². The van der Waals surface area contributed by atoms with Crippen molar-refractivity contribution in [2.75, 3.05) is 5.32 Å². The number of rotatable bonds is 7. The molecular weight excluding hydrogens is 375 g/mol. The van der Waals surface area contributed by atoms with Crippen LogP contribution in [0, 0.1) is 19.7 Å². The minimum Gasteiger partial charge on any atom is -0.325 e. The van der Waals surface area contributed by atoms with E-state index in [-0.39, 0.29) is 18.1 Å². The number of benzene rings is 2. The van der Waals surface area contributed by atoms with Crippen molar-refractivity contribution in [1.29, 1.82) is 0 Å². The van der Waals surface area contributed by atoms with Crippen LogP contribution in [0.25, 0.3) is 0 Å². The molecule has 1 aromatic heterocycles. The molecule has 146 valence electrons. The molecule has 7 heteroatoms. The summed E-state index contributed by atoms with van der Waals surface area (Å²) in [6.07, 6.45) is 0.158. The average Bonchev–Trinajstić information content (AvgIpc) is 3.05. The Balaban J connectivity index is 1.66. The summed E-state index contributed by atoms with van der Waals surface area (Å²) in [5.41, 5.74) is 3.94. The summed E-state index contributed by atoms with van der Waals surface area (Å²) in [4.78, 5) is 12.5. The number of thioether (sulfide) groups is 1. The first-order valence-electron chi connectivity index (χ1n) is 9.12. The van der Waals surface area contributed by atoms with Crippen LogP contribution in [-0.2, 0) is 23.5 Å². The number of hydrogen-bond acceptors (Lipinski definition) is 4. The van der Waals surface area contributed by atoms with E-state index in [0.29, 0.717) is 18.1 Å². The molecule has 0 saturated heterocycles. The second-order valence-corrected chi connectivity index (χ2v) is 7.54. The molecule has 2 aromatic carbocycles. The summed E-state index contributed by atoms with van der Waals surface area (Å²) in [7, 11) is 0. The number of aromatic nitrogens is 3. The summed E-state index contributed by atoms with van der Waals surface area (Å²) in [5, 5.41) is 12.2. The van der Waals surface area contributed by atoms with Crippen molar-refractivity contribution in [3.63, 3.8) is 0 Å². The largest absolute Gasteiger partial charge is 0.325 e. The highest BCUT2D eigenvalue weighted by Gasteiger charge is 2.15. The zero-order valence-electron chi connectivity index (χ0n) is 16.2. The molecule has 0 spiro atoms. The van der Waals surface area contributed by atoms with Gasteiger partial charge in [0, 0.05) is 18.0 Å². The van der Waals surface area contributed by atoms with Crippen molar-refractivity contribution in [2.24, 2.45) is 0 Å². The summed E-state index contributed by atoms with van der Waals surface area (Å²) < 4.78 is 15.0. The quantitative estimate of drug-likeness (QED) is 0.594. The maximum absolute atomic E-state index is 13.0. The van der Waals surface area contributed by atoms with Gasteiger partial charge in [-0.25, -0.2) is 4.39 Å². The van der Waals surface area contributed by atoms with Crippen LogP contribution in [0.15, 0.2) is 47.6 Å². The molecule has 5 nitrogen and oxygen atoms in total. The van der Waals surface area contributed by atoms with Crippen molar-refractivity contribution >= 4 is 23.4 Å². The van der Waals surface area contributed by atoms with E-state index in [2.05, 4.69) is 15.5 Å². The number of nitrogens with one attached hydrogen (secondary N) is 1. The molecule has 0 unspecified atom stereocenters. The third-order valence-corrected chi connectivity index (χ3v) is 5.41. The Bertz CT molecular complexity index is 969. The fourth-order valence-electron chi connectivity index (χ4n) is 2.81. The van der Waals surface area contributed by atoms with Crippen LogP contribution >= 0.6 is 11.8 Å². The van der Waals surface area contributed by atoms with E-state index in [4.69, 9.17) is 0 Å². The minimum atomic E-state index is -0.248. The molecule has 0 aliphatic heterocycles. The second kappa shape index (κ2) is 9.01. The molecule has 1 heterocycles. The summed E-state index contributed by atoms with van der Waals surface area (Å²) in [6.45, 7) is 6.63. The average molecular weight is 399 g/mol. The summed E-state index contributed by atoms with van der Waals surface area (Å²) >= 11 is 1.52. The van der Waals surface area contributed by atoms with Crippen molar-refractivity contribution in [3.05, 3.63) is 70.8 Å². The molecule has 0 atom stereocenters. The lowest BCUT2D eigenvalue weighted by atomic mass is 10.1. The monoisotopic (exact) mass is 398 g/mol. The van der Waals surface area contributed by atoms with Gasteiger partial charge in [0.2, 0.25) is 5.91 Å². The van der Waals surface area contributed by atoms with Gasteiger partial charge in [0.05, 0.1) is 6.42 Å². The Kier molecular flexibility index (Phi) is 6.46. The highest BCUT2D eigenvalue weighted by molar-refractivity contribution is 7.98. The SMILES string of the molecule is CCn1c(CC(=O)Nc2cc(C)ccc2C)nnc1SCc1ccc(F)cc1. The molecule has 0 aliphatic rings. The maximum atomic E-state index is 13.0. The van der Waals surface area contributed by atoms with Gasteiger partial charge in [0.25, 0.3) is 0 Å². The summed E-state index contributed by atoms with van der Waals surface area (Å²) in [6, 6.07) is 12.4. The molecule has 1 N–H and O–H groups in total. The van der Waals surface area contributed by atoms with Crippen LogP contribution in [0.1, 0.15) is 29.4 Å². The predicted molar refractivity (Wildman–Crippen MR) is 110 cm³/mol. The van der Waals surface area contributed by atoms with Crippen molar-refractivity contribution in [3.8, 4) is 0 Å². The lowest BCUT2D eigenvalue weighted by Crippen LogP contribution is -2.18. The van der Waals surface area contributed by atoms with E-state index < -0.39 is 0 Å². The Labute approximate surface area is 168 Å². The number of carbonyl (C=O) groups excluding carboxylic acids is 1. The van der Waals surface area contributed by atoms with Crippen molar-refractivity contribution in [2.45, 2.75) is 44.6 Å². The number of aryl methyl sites for hydroxylation is 2. The van der Waals surface area contributed by atoms with E-state index >= 15 is 0 Å². The topological polar surface area (TPSA) is 59.8 Å². The molecule has 0 saturated carbocycles. The number of carbonyl (C=O) groups is 1. The van der Waals surface area contributed by atoms with E-state index in [1.165, 1.54) is 23.9 Å². The number of anilines is 1. The number of amides is 1. The van der Waals surface area contributed by atoms with Crippen molar-refractivity contribution < 1.29 is 9.18 Å². The van der Waals surface area contributed by atoms with Gasteiger partial charge < -0.3 is 9.88 Å². The fourth-order valence-corrected chi connectivity index (χ4v) is 3.79. The third kappa shape index (κ3) is 4.98. The summed E-state index contributed by atoms with van der Waals surface area (Å²) in [5.74, 6) is 0.924. The van der Waals surface area contributed by atoms with E-state index in [1.54, 1.807) is 12.1 Å². The third-order valence-electron chi connectivity index (χ3n) is 4.38. The van der Waals surface area contributed by atoms with Crippen LogP contribution in [0.2, 0.25) is 0 Å². The van der Waals surface area contributed by atoms with Crippen LogP contribution in [-0.4, -0.2) is 20.7 Å². The predicted octanol–water partition coefficient (Wildman–Crippen LogP) is 4.53. The van der Waals surface area contributed by atoms with Gasteiger partial charge in [-0.2, -0.15) is 0 Å². The Morgan fingerprint density at radius 3 is 2.61 bits per heavy atom. The van der Waals surface area contributed by atoms with Crippen LogP contribution in [0.5, 0.6) is 0 Å². The van der Waals surface area contributed by atoms with Crippen LogP contribution in [0.4, 0.5) is 10.1 Å². The molecule has 3 rings (SSSR count). The zero-order valence-corrected chi connectivity index (χ0v) is 17.0. The van der Waals surface area contributed by atoms with Gasteiger partial charge in [-0.3, -0.25) is 4.79 Å². The first-order chi connectivity index (χ1) is 13.5. The number of halogens is 1. The van der Waals surface area contributed by atoms with Gasteiger partial charge in [-0.1, -0.05) is 36.0 Å². The van der Waals surface area contributed by atoms with Gasteiger partial charge in [-0.05, 0) is 55.7 Å². The molecule has 0 fully saturated rings. The van der Waals surface area contributed by atoms with Gasteiger partial charge >= 0.3 is 0 Å². The maximum Gasteiger partial charge on any atom is 0.232 e. The first-order valence-corrected chi connectivity index (χ1v) is 10.1. The van der Waals surface area contributed by atoms with Gasteiger partial charge in [0.1, 0.15) is 11.6 Å². The Morgan fingerprint density at radius 1 is 1.14 bits per heavy atom. The van der Waals surface area contributed by atoms with Gasteiger partial charge in [-0.15, -0.1) is 10.2 Å². The minimum absolute atomic E-state index is 0.120. The molecule has 0 radical (unpaired) electrons. The molecule has 0 aliphatic carbocycles. The highest BCUT2D eigenvalue weighted by Crippen LogP contribution is 2.23. The molecule has 3 aromatic rings. The molecule has 28 heavy (non-hydrogen) atoms. The van der Waals surface area contributed by atoms with E-state index in [1.807, 2.05) is 43.5 Å². The first kappa shape index (κ1) is 20.1. The van der Waals surface area contributed by atoms with Crippen LogP contribution < -0.4 is 5.32 Å². The normalized spacial score (nSPS) is 10.9. The smallest absolute Gasteiger partial charge is 0.232 e. The lowest BCUT2D eigenvalue weighted by Gasteiger charge is -2.10. The van der Waals surface area contributed by atoms with Crippen molar-refractivity contribution in [1.82, 2.24) is 14.8 Å². The fraction of sp³-hybridized carbons (Fsp3) is 0.286. The van der Waals surface area contributed by atoms with Crippen LogP contribution in [0.3, 0.4) is 0 Å². The molecular formula is C21H23FN4OS. The highest BCUT2D eigenvalue weighted by atomic mass is 32.2. The lowest BCUT2D eigenvalue weighted by molar-refractivity contribution is -0.115. The standard InChI is InChI=1S/C21H23FN4OS/c1-4-26-19(12-20(27)23-18-11-14(2)5-6-15(18)3)24-25-21(26)28-13-16-7-9-17(22)10-8-16/h5-11H,4,12-13H2,1-3H3,(H,23,27). The Hall–Kier alpha value is -2.67. The number of nitrogens with zero attached hydrogens (tertiary/aromatic N) is 3. The number of hydrogen-bond donors (Lipinski definition) is 1.